The quantitative estimate of drug-likeness (QED) is 0.826. The van der Waals surface area contributed by atoms with Crippen molar-refractivity contribution in [1.82, 2.24) is 10.3 Å². The van der Waals surface area contributed by atoms with Crippen LogP contribution in [0.4, 0.5) is 0 Å². The minimum absolute atomic E-state index is 0.0250. The molecule has 1 aliphatic rings. The molecule has 0 spiro atoms. The van der Waals surface area contributed by atoms with Crippen molar-refractivity contribution in [3.8, 4) is 0 Å². The fourth-order valence-electron chi connectivity index (χ4n) is 2.11. The number of nitrogens with zero attached hydrogens (tertiary/aromatic N) is 1. The molecule has 2 heterocycles. The van der Waals surface area contributed by atoms with E-state index in [1.807, 2.05) is 19.1 Å². The maximum atomic E-state index is 12.0. The number of pyridine rings is 1. The molecule has 3 atom stereocenters. The highest BCUT2D eigenvalue weighted by atomic mass is 16.5. The molecule has 1 amide bonds. The number of carbonyl (C=O) groups excluding carboxylic acids is 1. The maximum absolute atomic E-state index is 12.0. The Hall–Kier alpha value is -1.46. The molecule has 5 heteroatoms. The van der Waals surface area contributed by atoms with E-state index in [0.717, 1.165) is 18.4 Å². The van der Waals surface area contributed by atoms with Crippen molar-refractivity contribution in [1.29, 1.82) is 0 Å². The molecule has 1 saturated heterocycles. The predicted octanol–water partition coefficient (Wildman–Crippen LogP) is 0.765. The second-order valence-corrected chi connectivity index (χ2v) is 4.57. The Kier molecular flexibility index (Phi) is 4.28. The number of carbonyl (C=O) groups is 1. The summed E-state index contributed by atoms with van der Waals surface area (Å²) in [5.74, 6) is -0.0599. The van der Waals surface area contributed by atoms with Crippen LogP contribution in [0.3, 0.4) is 0 Å². The first-order valence-corrected chi connectivity index (χ1v) is 6.26. The average molecular weight is 249 g/mol. The van der Waals surface area contributed by atoms with Gasteiger partial charge in [-0.05, 0) is 37.5 Å². The van der Waals surface area contributed by atoms with E-state index in [-0.39, 0.29) is 24.2 Å². The zero-order valence-electron chi connectivity index (χ0n) is 10.5. The van der Waals surface area contributed by atoms with E-state index in [1.54, 1.807) is 12.4 Å². The molecule has 1 fully saturated rings. The second-order valence-electron chi connectivity index (χ2n) is 4.57. The Morgan fingerprint density at radius 2 is 2.28 bits per heavy atom. The molecule has 5 nitrogen and oxygen atoms in total. The van der Waals surface area contributed by atoms with Gasteiger partial charge < -0.3 is 15.8 Å². The van der Waals surface area contributed by atoms with E-state index < -0.39 is 0 Å². The molecule has 1 aromatic heterocycles. The van der Waals surface area contributed by atoms with Crippen LogP contribution in [0.5, 0.6) is 0 Å². The van der Waals surface area contributed by atoms with Gasteiger partial charge in [-0.2, -0.15) is 0 Å². The number of hydrogen-bond acceptors (Lipinski definition) is 4. The lowest BCUT2D eigenvalue weighted by molar-refractivity contribution is -0.132. The second kappa shape index (κ2) is 5.93. The molecule has 1 aliphatic heterocycles. The fraction of sp³-hybridized carbons (Fsp3) is 0.538. The summed E-state index contributed by atoms with van der Waals surface area (Å²) in [6.07, 6.45) is 4.71. The molecule has 0 saturated carbocycles. The summed E-state index contributed by atoms with van der Waals surface area (Å²) >= 11 is 0. The summed E-state index contributed by atoms with van der Waals surface area (Å²) in [7, 11) is 0. The molecule has 0 aliphatic carbocycles. The highest BCUT2D eigenvalue weighted by molar-refractivity contribution is 5.81. The molecule has 2 unspecified atom stereocenters. The van der Waals surface area contributed by atoms with Crippen molar-refractivity contribution in [3.05, 3.63) is 30.1 Å². The van der Waals surface area contributed by atoms with Gasteiger partial charge in [-0.3, -0.25) is 9.78 Å². The normalized spacial score (nSPS) is 24.8. The van der Waals surface area contributed by atoms with Crippen molar-refractivity contribution in [3.63, 3.8) is 0 Å². The van der Waals surface area contributed by atoms with E-state index in [9.17, 15) is 4.79 Å². The molecular weight excluding hydrogens is 230 g/mol. The highest BCUT2D eigenvalue weighted by Crippen LogP contribution is 2.20. The maximum Gasteiger partial charge on any atom is 0.249 e. The lowest BCUT2D eigenvalue weighted by Crippen LogP contribution is -2.36. The van der Waals surface area contributed by atoms with E-state index >= 15 is 0 Å². The van der Waals surface area contributed by atoms with Gasteiger partial charge in [0.05, 0.1) is 12.1 Å². The van der Waals surface area contributed by atoms with Crippen molar-refractivity contribution in [2.45, 2.75) is 38.0 Å². The van der Waals surface area contributed by atoms with Crippen LogP contribution in [0.25, 0.3) is 0 Å². The summed E-state index contributed by atoms with van der Waals surface area (Å²) < 4.78 is 5.56. The first-order valence-electron chi connectivity index (χ1n) is 6.26. The van der Waals surface area contributed by atoms with Gasteiger partial charge in [-0.15, -0.1) is 0 Å². The lowest BCUT2D eigenvalue weighted by atomic mass is 10.1. The van der Waals surface area contributed by atoms with Crippen LogP contribution < -0.4 is 11.1 Å². The summed E-state index contributed by atoms with van der Waals surface area (Å²) in [6, 6.07) is 3.74. The van der Waals surface area contributed by atoms with Crippen molar-refractivity contribution >= 4 is 5.91 Å². The summed E-state index contributed by atoms with van der Waals surface area (Å²) in [5, 5.41) is 2.95. The van der Waals surface area contributed by atoms with Gasteiger partial charge in [-0.1, -0.05) is 0 Å². The number of nitrogens with two attached hydrogens (primary N) is 1. The SMILES string of the molecule is C[C@H](NC(=O)C1CCC(CN)O1)c1ccncc1. The molecule has 18 heavy (non-hydrogen) atoms. The van der Waals surface area contributed by atoms with Crippen molar-refractivity contribution in [2.24, 2.45) is 5.73 Å². The van der Waals surface area contributed by atoms with Crippen LogP contribution in [0.2, 0.25) is 0 Å². The van der Waals surface area contributed by atoms with E-state index in [2.05, 4.69) is 10.3 Å². The molecular formula is C13H19N3O2. The van der Waals surface area contributed by atoms with Gasteiger partial charge >= 0.3 is 0 Å². The monoisotopic (exact) mass is 249 g/mol. The largest absolute Gasteiger partial charge is 0.364 e. The van der Waals surface area contributed by atoms with Crippen LogP contribution in [-0.4, -0.2) is 29.6 Å². The van der Waals surface area contributed by atoms with Crippen LogP contribution in [0.15, 0.2) is 24.5 Å². The van der Waals surface area contributed by atoms with E-state index in [0.29, 0.717) is 6.54 Å². The zero-order valence-corrected chi connectivity index (χ0v) is 10.5. The molecule has 98 valence electrons. The fourth-order valence-corrected chi connectivity index (χ4v) is 2.11. The predicted molar refractivity (Wildman–Crippen MR) is 67.7 cm³/mol. The minimum Gasteiger partial charge on any atom is -0.364 e. The summed E-state index contributed by atoms with van der Waals surface area (Å²) in [6.45, 7) is 2.42. The number of ether oxygens (including phenoxy) is 1. The molecule has 0 bridgehead atoms. The van der Waals surface area contributed by atoms with Gasteiger partial charge in [0.15, 0.2) is 0 Å². The molecule has 3 N–H and O–H groups in total. The van der Waals surface area contributed by atoms with Gasteiger partial charge in [0, 0.05) is 18.9 Å². The Morgan fingerprint density at radius 1 is 1.56 bits per heavy atom. The third-order valence-electron chi connectivity index (χ3n) is 3.23. The zero-order chi connectivity index (χ0) is 13.0. The van der Waals surface area contributed by atoms with Crippen LogP contribution in [-0.2, 0) is 9.53 Å². The van der Waals surface area contributed by atoms with Crippen molar-refractivity contribution < 1.29 is 9.53 Å². The Labute approximate surface area is 107 Å². The first-order chi connectivity index (χ1) is 8.70. The van der Waals surface area contributed by atoms with Crippen LogP contribution in [0, 0.1) is 0 Å². The molecule has 1 aromatic rings. The van der Waals surface area contributed by atoms with E-state index in [1.165, 1.54) is 0 Å². The Balaban J connectivity index is 1.88. The highest BCUT2D eigenvalue weighted by Gasteiger charge is 2.30. The minimum atomic E-state index is -0.358. The smallest absolute Gasteiger partial charge is 0.249 e. The summed E-state index contributed by atoms with van der Waals surface area (Å²) in [5.41, 5.74) is 6.56. The Morgan fingerprint density at radius 3 is 2.89 bits per heavy atom. The molecule has 0 radical (unpaired) electrons. The van der Waals surface area contributed by atoms with Gasteiger partial charge in [0.2, 0.25) is 5.91 Å². The van der Waals surface area contributed by atoms with Gasteiger partial charge in [0.1, 0.15) is 6.10 Å². The molecule has 2 rings (SSSR count). The number of nitrogens with one attached hydrogen (secondary N) is 1. The standard InChI is InChI=1S/C13H19N3O2/c1-9(10-4-6-15-7-5-10)16-13(17)12-3-2-11(8-14)18-12/h4-7,9,11-12H,2-3,8,14H2,1H3,(H,16,17)/t9-,11?,12?/m0/s1. The molecule has 0 aromatic carbocycles. The third-order valence-corrected chi connectivity index (χ3v) is 3.23. The average Bonchev–Trinajstić information content (AvgIpc) is 2.88. The number of hydrogen-bond donors (Lipinski definition) is 2. The van der Waals surface area contributed by atoms with Crippen molar-refractivity contribution in [2.75, 3.05) is 6.54 Å². The van der Waals surface area contributed by atoms with Gasteiger partial charge in [-0.25, -0.2) is 0 Å². The van der Waals surface area contributed by atoms with E-state index in [4.69, 9.17) is 10.5 Å². The number of rotatable bonds is 4. The van der Waals surface area contributed by atoms with Crippen LogP contribution in [0.1, 0.15) is 31.4 Å². The number of amides is 1. The summed E-state index contributed by atoms with van der Waals surface area (Å²) in [4.78, 5) is 16.0. The third kappa shape index (κ3) is 3.05. The topological polar surface area (TPSA) is 77.2 Å². The lowest BCUT2D eigenvalue weighted by Gasteiger charge is -2.17. The Bertz CT molecular complexity index is 396. The van der Waals surface area contributed by atoms with Crippen LogP contribution >= 0.6 is 0 Å². The van der Waals surface area contributed by atoms with Gasteiger partial charge in [0.25, 0.3) is 0 Å². The number of aromatic nitrogens is 1. The first kappa shape index (κ1) is 13.0.